The van der Waals surface area contributed by atoms with E-state index in [1.54, 1.807) is 6.92 Å². The van der Waals surface area contributed by atoms with Crippen molar-refractivity contribution in [1.29, 1.82) is 0 Å². The lowest BCUT2D eigenvalue weighted by Gasteiger charge is -1.96. The Morgan fingerprint density at radius 1 is 0.774 bits per heavy atom. The van der Waals surface area contributed by atoms with E-state index in [0.29, 0.717) is 5.57 Å². The van der Waals surface area contributed by atoms with Gasteiger partial charge in [0.1, 0.15) is 0 Å². The van der Waals surface area contributed by atoms with E-state index >= 15 is 0 Å². The zero-order chi connectivity index (χ0) is 24.2. The maximum absolute atomic E-state index is 10.2. The van der Waals surface area contributed by atoms with Gasteiger partial charge in [0.05, 0.1) is 7.11 Å². The molecule has 0 amide bonds. The first-order valence-corrected chi connectivity index (χ1v) is 9.28. The first kappa shape index (κ1) is 29.3. The minimum Gasteiger partial charge on any atom is -0.478 e. The summed E-state index contributed by atoms with van der Waals surface area (Å²) in [4.78, 5) is 19.8. The second-order valence-corrected chi connectivity index (χ2v) is 6.01. The summed E-state index contributed by atoms with van der Waals surface area (Å²) >= 11 is 0. The van der Waals surface area contributed by atoms with Crippen LogP contribution in [-0.2, 0) is 14.3 Å². The van der Waals surface area contributed by atoms with E-state index in [1.165, 1.54) is 19.6 Å². The molecule has 0 fully saturated rings. The van der Waals surface area contributed by atoms with E-state index < -0.39 is 5.97 Å². The van der Waals surface area contributed by atoms with Gasteiger partial charge in [0.2, 0.25) is 0 Å². The van der Waals surface area contributed by atoms with Crippen LogP contribution >= 0.6 is 0 Å². The SMILES string of the molecule is C=C(C)C(=O)O.C=C(C)C(=O)OC.C=Cc1ccccc1.C=Cc1ccccc1C=C. The van der Waals surface area contributed by atoms with Gasteiger partial charge in [-0.2, -0.15) is 0 Å². The van der Waals surface area contributed by atoms with Crippen molar-refractivity contribution in [1.82, 2.24) is 0 Å². The molecule has 0 aliphatic carbocycles. The Kier molecular flexibility index (Phi) is 17.1. The monoisotopic (exact) mass is 420 g/mol. The Labute approximate surface area is 186 Å². The number of methoxy groups -OCH3 is 1. The van der Waals surface area contributed by atoms with Crippen LogP contribution < -0.4 is 0 Å². The molecule has 0 atom stereocenters. The largest absolute Gasteiger partial charge is 0.478 e. The van der Waals surface area contributed by atoms with Crippen LogP contribution in [0.15, 0.2) is 98.6 Å². The number of rotatable bonds is 5. The zero-order valence-corrected chi connectivity index (χ0v) is 18.6. The van der Waals surface area contributed by atoms with Crippen molar-refractivity contribution in [3.8, 4) is 0 Å². The maximum Gasteiger partial charge on any atom is 0.332 e. The van der Waals surface area contributed by atoms with Crippen LogP contribution in [0.3, 0.4) is 0 Å². The number of carbonyl (C=O) groups is 2. The van der Waals surface area contributed by atoms with Crippen molar-refractivity contribution in [3.05, 3.63) is 115 Å². The molecule has 2 rings (SSSR count). The molecule has 2 aromatic rings. The molecule has 0 saturated carbocycles. The van der Waals surface area contributed by atoms with Crippen LogP contribution in [-0.4, -0.2) is 24.2 Å². The summed E-state index contributed by atoms with van der Waals surface area (Å²) in [6, 6.07) is 18.0. The van der Waals surface area contributed by atoms with Crippen molar-refractivity contribution >= 4 is 30.2 Å². The highest BCUT2D eigenvalue weighted by atomic mass is 16.5. The van der Waals surface area contributed by atoms with E-state index in [-0.39, 0.29) is 11.5 Å². The predicted octanol–water partition coefficient (Wildman–Crippen LogP) is 6.68. The number of carbonyl (C=O) groups excluding carboxylic acids is 1. The van der Waals surface area contributed by atoms with Gasteiger partial charge < -0.3 is 9.84 Å². The number of esters is 1. The van der Waals surface area contributed by atoms with E-state index in [4.69, 9.17) is 5.11 Å². The Bertz CT molecular complexity index is 838. The van der Waals surface area contributed by atoms with Crippen molar-refractivity contribution in [3.63, 3.8) is 0 Å². The second kappa shape index (κ2) is 18.1. The minimum atomic E-state index is -0.935. The fourth-order valence-corrected chi connectivity index (χ4v) is 1.65. The number of carboxylic acids is 1. The summed E-state index contributed by atoms with van der Waals surface area (Å²) in [7, 11) is 1.33. The molecule has 2 aromatic carbocycles. The van der Waals surface area contributed by atoms with Gasteiger partial charge in [-0.05, 0) is 30.5 Å². The fourth-order valence-electron chi connectivity index (χ4n) is 1.65. The summed E-state index contributed by atoms with van der Waals surface area (Å²) in [6.45, 7) is 20.6. The lowest BCUT2D eigenvalue weighted by atomic mass is 10.1. The molecular formula is C27H32O4. The van der Waals surface area contributed by atoms with Crippen molar-refractivity contribution < 1.29 is 19.4 Å². The van der Waals surface area contributed by atoms with E-state index in [1.807, 2.05) is 72.8 Å². The molecule has 31 heavy (non-hydrogen) atoms. The molecule has 0 saturated heterocycles. The van der Waals surface area contributed by atoms with Gasteiger partial charge in [0, 0.05) is 11.1 Å². The Balaban J connectivity index is 0. The number of ether oxygens (including phenoxy) is 1. The van der Waals surface area contributed by atoms with Gasteiger partial charge in [0.15, 0.2) is 0 Å². The number of carboxylic acid groups (broad SMARTS) is 1. The third-order valence-corrected chi connectivity index (χ3v) is 3.37. The number of hydrogen-bond acceptors (Lipinski definition) is 3. The fraction of sp³-hybridized carbons (Fsp3) is 0.111. The van der Waals surface area contributed by atoms with E-state index in [2.05, 4.69) is 37.6 Å². The predicted molar refractivity (Wildman–Crippen MR) is 132 cm³/mol. The van der Waals surface area contributed by atoms with Crippen molar-refractivity contribution in [2.45, 2.75) is 13.8 Å². The van der Waals surface area contributed by atoms with Crippen molar-refractivity contribution in [2.75, 3.05) is 7.11 Å². The van der Waals surface area contributed by atoms with Gasteiger partial charge >= 0.3 is 11.9 Å². The highest BCUT2D eigenvalue weighted by molar-refractivity contribution is 5.86. The van der Waals surface area contributed by atoms with Gasteiger partial charge in [-0.1, -0.05) is 106 Å². The number of benzene rings is 2. The molecule has 0 bridgehead atoms. The quantitative estimate of drug-likeness (QED) is 0.432. The summed E-state index contributed by atoms with van der Waals surface area (Å²) < 4.78 is 4.27. The summed E-state index contributed by atoms with van der Waals surface area (Å²) in [5.74, 6) is -1.28. The third-order valence-electron chi connectivity index (χ3n) is 3.37. The van der Waals surface area contributed by atoms with Crippen molar-refractivity contribution in [2.24, 2.45) is 0 Å². The lowest BCUT2D eigenvalue weighted by Crippen LogP contribution is -1.98. The molecule has 1 N–H and O–H groups in total. The average Bonchev–Trinajstić information content (AvgIpc) is 2.79. The molecule has 4 heteroatoms. The first-order valence-electron chi connectivity index (χ1n) is 9.28. The molecule has 0 unspecified atom stereocenters. The van der Waals surface area contributed by atoms with Crippen LogP contribution in [0.1, 0.15) is 30.5 Å². The first-order chi connectivity index (χ1) is 14.6. The maximum atomic E-state index is 10.2. The summed E-state index contributed by atoms with van der Waals surface area (Å²) in [5, 5.41) is 7.89. The molecule has 0 aromatic heterocycles. The van der Waals surface area contributed by atoms with Crippen LogP contribution in [0.2, 0.25) is 0 Å². The Morgan fingerprint density at radius 3 is 1.35 bits per heavy atom. The molecule has 0 spiro atoms. The molecule has 4 nitrogen and oxygen atoms in total. The summed E-state index contributed by atoms with van der Waals surface area (Å²) in [6.07, 6.45) is 5.49. The van der Waals surface area contributed by atoms with E-state index in [9.17, 15) is 9.59 Å². The lowest BCUT2D eigenvalue weighted by molar-refractivity contribution is -0.136. The van der Waals surface area contributed by atoms with Gasteiger partial charge in [-0.25, -0.2) is 9.59 Å². The third kappa shape index (κ3) is 15.7. The molecule has 0 aliphatic rings. The second-order valence-electron chi connectivity index (χ2n) is 6.01. The Morgan fingerprint density at radius 2 is 1.16 bits per heavy atom. The van der Waals surface area contributed by atoms with Gasteiger partial charge in [-0.3, -0.25) is 0 Å². The van der Waals surface area contributed by atoms with E-state index in [0.717, 1.165) is 11.1 Å². The average molecular weight is 421 g/mol. The standard InChI is InChI=1S/C10H10.C8H8.C5H8O2.C4H6O2/c1-3-9-7-5-6-8-10(9)4-2;1-2-8-6-4-3-5-7-8;1-4(2)5(6)7-3;1-3(2)4(5)6/h3-8H,1-2H2;2-7H,1H2;1H2,2-3H3;1H2,2H3,(H,5,6). The highest BCUT2D eigenvalue weighted by Crippen LogP contribution is 2.10. The molecule has 0 heterocycles. The Hall–Kier alpha value is -3.92. The van der Waals surface area contributed by atoms with Crippen LogP contribution in [0, 0.1) is 0 Å². The van der Waals surface area contributed by atoms with Gasteiger partial charge in [0.25, 0.3) is 0 Å². The minimum absolute atomic E-state index is 0.176. The molecule has 0 radical (unpaired) electrons. The smallest absolute Gasteiger partial charge is 0.332 e. The molecular weight excluding hydrogens is 388 g/mol. The van der Waals surface area contributed by atoms with Gasteiger partial charge in [-0.15, -0.1) is 0 Å². The molecule has 0 aliphatic heterocycles. The van der Waals surface area contributed by atoms with Crippen LogP contribution in [0.25, 0.3) is 18.2 Å². The molecule has 164 valence electrons. The normalized spacial score (nSPS) is 8.23. The zero-order valence-electron chi connectivity index (χ0n) is 18.6. The number of aliphatic carboxylic acids is 1. The topological polar surface area (TPSA) is 63.6 Å². The summed E-state index contributed by atoms with van der Waals surface area (Å²) in [5.41, 5.74) is 4.06. The number of hydrogen-bond donors (Lipinski definition) is 1. The van der Waals surface area contributed by atoms with Crippen LogP contribution in [0.4, 0.5) is 0 Å². The van der Waals surface area contributed by atoms with Crippen LogP contribution in [0.5, 0.6) is 0 Å². The highest BCUT2D eigenvalue weighted by Gasteiger charge is 1.95.